The van der Waals surface area contributed by atoms with Crippen LogP contribution in [0.5, 0.6) is 5.75 Å². The monoisotopic (exact) mass is 278 g/mol. The molecule has 2 N–H and O–H groups in total. The number of likely N-dealkylation sites (N-methyl/N-ethyl adjacent to an activating group) is 1. The van der Waals surface area contributed by atoms with Gasteiger partial charge in [0.2, 0.25) is 5.91 Å². The summed E-state index contributed by atoms with van der Waals surface area (Å²) in [4.78, 5) is 37.4. The van der Waals surface area contributed by atoms with Crippen LogP contribution < -0.4 is 4.90 Å². The summed E-state index contributed by atoms with van der Waals surface area (Å²) in [5, 5.41) is 18.2. The lowest BCUT2D eigenvalue weighted by Crippen LogP contribution is -2.38. The van der Waals surface area contributed by atoms with Crippen molar-refractivity contribution in [3.8, 4) is 5.75 Å². The topological polar surface area (TPSA) is 98.2 Å². The number of anilines is 1. The van der Waals surface area contributed by atoms with Gasteiger partial charge in [0.25, 0.3) is 5.91 Å². The average Bonchev–Trinajstić information content (AvgIpc) is 2.48. The number of phenols is 1. The molecule has 106 valence electrons. The third-order valence-electron chi connectivity index (χ3n) is 3.15. The molecule has 0 radical (unpaired) electrons. The number of carboxylic acids is 1. The van der Waals surface area contributed by atoms with E-state index in [1.165, 1.54) is 35.0 Å². The molecule has 0 saturated heterocycles. The van der Waals surface area contributed by atoms with E-state index in [4.69, 9.17) is 5.11 Å². The second-order valence-electron chi connectivity index (χ2n) is 4.52. The van der Waals surface area contributed by atoms with E-state index in [0.717, 1.165) is 0 Å². The first-order valence-electron chi connectivity index (χ1n) is 6.01. The maximum absolute atomic E-state index is 12.3. The molecule has 1 heterocycles. The van der Waals surface area contributed by atoms with Crippen molar-refractivity contribution >= 4 is 23.5 Å². The minimum Gasteiger partial charge on any atom is -0.508 e. The third-order valence-corrected chi connectivity index (χ3v) is 3.15. The van der Waals surface area contributed by atoms with Crippen LogP contribution in [0.3, 0.4) is 0 Å². The van der Waals surface area contributed by atoms with Crippen LogP contribution in [0.2, 0.25) is 0 Å². The predicted octanol–water partition coefficient (Wildman–Crippen LogP) is 0.286. The molecule has 1 aromatic carbocycles. The molecule has 0 atom stereocenters. The van der Waals surface area contributed by atoms with Crippen molar-refractivity contribution in [2.75, 3.05) is 25.0 Å². The summed E-state index contributed by atoms with van der Waals surface area (Å²) < 4.78 is 0. The number of hydrogen-bond donors (Lipinski definition) is 2. The lowest BCUT2D eigenvalue weighted by atomic mass is 10.1. The Labute approximate surface area is 115 Å². The number of aromatic hydroxyl groups is 1. The molecule has 1 aliphatic rings. The molecule has 1 aromatic rings. The third kappa shape index (κ3) is 2.56. The first-order valence-corrected chi connectivity index (χ1v) is 6.01. The van der Waals surface area contributed by atoms with Crippen LogP contribution in [-0.2, 0) is 9.59 Å². The molecule has 1 aliphatic heterocycles. The Morgan fingerprint density at radius 3 is 2.70 bits per heavy atom. The van der Waals surface area contributed by atoms with Crippen LogP contribution in [-0.4, -0.2) is 53.0 Å². The molecule has 0 aliphatic carbocycles. The maximum atomic E-state index is 12.3. The second-order valence-corrected chi connectivity index (χ2v) is 4.52. The van der Waals surface area contributed by atoms with Crippen LogP contribution in [0, 0.1) is 0 Å². The molecular weight excluding hydrogens is 264 g/mol. The van der Waals surface area contributed by atoms with Gasteiger partial charge in [-0.05, 0) is 18.2 Å². The number of rotatable bonds is 3. The van der Waals surface area contributed by atoms with E-state index >= 15 is 0 Å². The Morgan fingerprint density at radius 1 is 1.35 bits per heavy atom. The number of fused-ring (bicyclic) bond motifs is 1. The Bertz CT molecular complexity index is 584. The van der Waals surface area contributed by atoms with Gasteiger partial charge in [0.1, 0.15) is 12.3 Å². The molecule has 0 saturated carbocycles. The summed E-state index contributed by atoms with van der Waals surface area (Å²) in [5.41, 5.74) is 0.583. The first kappa shape index (κ1) is 13.9. The van der Waals surface area contributed by atoms with Crippen molar-refractivity contribution in [1.29, 1.82) is 0 Å². The van der Waals surface area contributed by atoms with Crippen molar-refractivity contribution in [3.05, 3.63) is 23.8 Å². The van der Waals surface area contributed by atoms with Crippen molar-refractivity contribution in [2.24, 2.45) is 0 Å². The van der Waals surface area contributed by atoms with Gasteiger partial charge < -0.3 is 20.0 Å². The van der Waals surface area contributed by atoms with Gasteiger partial charge in [-0.3, -0.25) is 14.4 Å². The molecular formula is C13H14N2O5. The fraction of sp³-hybridized carbons (Fsp3) is 0.308. The Kier molecular flexibility index (Phi) is 3.60. The molecule has 0 aromatic heterocycles. The van der Waals surface area contributed by atoms with Crippen LogP contribution in [0.15, 0.2) is 18.2 Å². The largest absolute Gasteiger partial charge is 0.508 e. The standard InChI is InChI=1S/C13H14N2O5/c1-14-10-3-2-8(16)6-9(10)13(20)15(7-11(14)17)5-4-12(18)19/h2-3,6,16H,4-5,7H2,1H3,(H,18,19). The summed E-state index contributed by atoms with van der Waals surface area (Å²) in [6, 6.07) is 4.16. The Balaban J connectivity index is 2.39. The Morgan fingerprint density at radius 2 is 2.05 bits per heavy atom. The van der Waals surface area contributed by atoms with Gasteiger partial charge in [-0.2, -0.15) is 0 Å². The van der Waals surface area contributed by atoms with Crippen LogP contribution in [0.1, 0.15) is 16.8 Å². The van der Waals surface area contributed by atoms with Gasteiger partial charge in [-0.15, -0.1) is 0 Å². The van der Waals surface area contributed by atoms with Crippen molar-refractivity contribution in [3.63, 3.8) is 0 Å². The van der Waals surface area contributed by atoms with Crippen LogP contribution >= 0.6 is 0 Å². The van der Waals surface area contributed by atoms with Crippen LogP contribution in [0.4, 0.5) is 5.69 Å². The number of carbonyl (C=O) groups excluding carboxylic acids is 2. The molecule has 2 amide bonds. The van der Waals surface area contributed by atoms with E-state index in [9.17, 15) is 19.5 Å². The van der Waals surface area contributed by atoms with Crippen LogP contribution in [0.25, 0.3) is 0 Å². The highest BCUT2D eigenvalue weighted by Crippen LogP contribution is 2.28. The van der Waals surface area contributed by atoms with Gasteiger partial charge >= 0.3 is 5.97 Å². The van der Waals surface area contributed by atoms with E-state index in [-0.39, 0.29) is 36.7 Å². The molecule has 2 rings (SSSR count). The molecule has 0 fully saturated rings. The van der Waals surface area contributed by atoms with E-state index in [0.29, 0.717) is 5.69 Å². The van der Waals surface area contributed by atoms with Gasteiger partial charge in [-0.25, -0.2) is 0 Å². The summed E-state index contributed by atoms with van der Waals surface area (Å²) in [5.74, 6) is -1.90. The minimum absolute atomic E-state index is 0.0527. The zero-order valence-corrected chi connectivity index (χ0v) is 10.9. The fourth-order valence-corrected chi connectivity index (χ4v) is 2.04. The molecule has 0 bridgehead atoms. The lowest BCUT2D eigenvalue weighted by Gasteiger charge is -2.18. The van der Waals surface area contributed by atoms with Crippen molar-refractivity contribution < 1.29 is 24.6 Å². The van der Waals surface area contributed by atoms with Crippen molar-refractivity contribution in [1.82, 2.24) is 4.90 Å². The highest BCUT2D eigenvalue weighted by molar-refractivity contribution is 6.09. The molecule has 0 spiro atoms. The average molecular weight is 278 g/mol. The summed E-state index contributed by atoms with van der Waals surface area (Å²) in [6.07, 6.45) is -0.239. The zero-order valence-electron chi connectivity index (χ0n) is 10.9. The van der Waals surface area contributed by atoms with Gasteiger partial charge in [0, 0.05) is 13.6 Å². The zero-order chi connectivity index (χ0) is 14.9. The molecule has 7 nitrogen and oxygen atoms in total. The molecule has 0 unspecified atom stereocenters. The number of hydrogen-bond acceptors (Lipinski definition) is 4. The quantitative estimate of drug-likeness (QED) is 0.827. The number of carboxylic acid groups (broad SMARTS) is 1. The van der Waals surface area contributed by atoms with Gasteiger partial charge in [-0.1, -0.05) is 0 Å². The predicted molar refractivity (Wildman–Crippen MR) is 69.7 cm³/mol. The highest BCUT2D eigenvalue weighted by atomic mass is 16.4. The number of aliphatic carboxylic acids is 1. The van der Waals surface area contributed by atoms with E-state index < -0.39 is 11.9 Å². The second kappa shape index (κ2) is 5.20. The number of carbonyl (C=O) groups is 3. The van der Waals surface area contributed by atoms with Gasteiger partial charge in [0.05, 0.1) is 17.7 Å². The lowest BCUT2D eigenvalue weighted by molar-refractivity contribution is -0.137. The van der Waals surface area contributed by atoms with Crippen molar-refractivity contribution in [2.45, 2.75) is 6.42 Å². The van der Waals surface area contributed by atoms with Gasteiger partial charge in [0.15, 0.2) is 0 Å². The van der Waals surface area contributed by atoms with E-state index in [1.54, 1.807) is 0 Å². The number of nitrogens with zero attached hydrogens (tertiary/aromatic N) is 2. The summed E-state index contributed by atoms with van der Waals surface area (Å²) in [6.45, 7) is -0.235. The molecule has 7 heteroatoms. The summed E-state index contributed by atoms with van der Waals surface area (Å²) in [7, 11) is 1.53. The first-order chi connectivity index (χ1) is 9.40. The maximum Gasteiger partial charge on any atom is 0.305 e. The Hall–Kier alpha value is -2.57. The number of benzene rings is 1. The summed E-state index contributed by atoms with van der Waals surface area (Å²) >= 11 is 0. The fourth-order valence-electron chi connectivity index (χ4n) is 2.04. The van der Waals surface area contributed by atoms with E-state index in [1.807, 2.05) is 0 Å². The SMILES string of the molecule is CN1C(=O)CN(CCC(=O)O)C(=O)c2cc(O)ccc21. The van der Waals surface area contributed by atoms with E-state index in [2.05, 4.69) is 0 Å². The minimum atomic E-state index is -1.04. The number of phenolic OH excluding ortho intramolecular Hbond substituents is 1. The normalized spacial score (nSPS) is 15.1. The number of amides is 2. The highest BCUT2D eigenvalue weighted by Gasteiger charge is 2.30. The molecule has 20 heavy (non-hydrogen) atoms. The smallest absolute Gasteiger partial charge is 0.305 e.